The predicted octanol–water partition coefficient (Wildman–Crippen LogP) is 1.21. The van der Waals surface area contributed by atoms with Crippen LogP contribution in [0.15, 0.2) is 18.6 Å². The SMILES string of the molecule is Cc1cnc(N[C@H]2CCN(S(=O)(=O)CCCN3CCN(C)CC3)C[C@H]2F)nc1-c1cnn(CC(C)(C)O)c1. The van der Waals surface area contributed by atoms with Gasteiger partial charge in [0.25, 0.3) is 0 Å². The van der Waals surface area contributed by atoms with E-state index in [2.05, 4.69) is 37.2 Å². The van der Waals surface area contributed by atoms with Crippen molar-refractivity contribution in [3.8, 4) is 11.3 Å². The zero-order valence-corrected chi connectivity index (χ0v) is 23.7. The third-order valence-corrected chi connectivity index (χ3v) is 9.03. The van der Waals surface area contributed by atoms with Crippen molar-refractivity contribution in [2.24, 2.45) is 0 Å². The molecule has 2 aromatic rings. The minimum atomic E-state index is -3.51. The molecule has 212 valence electrons. The van der Waals surface area contributed by atoms with Crippen LogP contribution in [0.3, 0.4) is 0 Å². The van der Waals surface area contributed by atoms with Gasteiger partial charge in [0, 0.05) is 57.2 Å². The number of hydrogen-bond acceptors (Lipinski definition) is 9. The number of hydrogen-bond donors (Lipinski definition) is 2. The zero-order valence-electron chi connectivity index (χ0n) is 22.8. The predicted molar refractivity (Wildman–Crippen MR) is 145 cm³/mol. The van der Waals surface area contributed by atoms with Crippen LogP contribution in [-0.4, -0.2) is 124 Å². The van der Waals surface area contributed by atoms with Gasteiger partial charge in [-0.05, 0) is 52.8 Å². The number of alkyl halides is 1. The first-order valence-corrected chi connectivity index (χ1v) is 14.9. The number of piperidine rings is 1. The molecule has 0 spiro atoms. The molecule has 0 radical (unpaired) electrons. The fourth-order valence-corrected chi connectivity index (χ4v) is 6.41. The van der Waals surface area contributed by atoms with Crippen molar-refractivity contribution >= 4 is 16.0 Å². The van der Waals surface area contributed by atoms with Crippen LogP contribution < -0.4 is 5.32 Å². The number of likely N-dealkylation sites (N-methyl/N-ethyl adjacent to an activating group) is 1. The van der Waals surface area contributed by atoms with Crippen LogP contribution >= 0.6 is 0 Å². The summed E-state index contributed by atoms with van der Waals surface area (Å²) in [5, 5.41) is 17.4. The number of halogens is 1. The lowest BCUT2D eigenvalue weighted by molar-refractivity contribution is 0.0577. The molecule has 4 rings (SSSR count). The van der Waals surface area contributed by atoms with Gasteiger partial charge in [-0.15, -0.1) is 0 Å². The molecule has 38 heavy (non-hydrogen) atoms. The van der Waals surface area contributed by atoms with Crippen molar-refractivity contribution in [1.82, 2.24) is 33.9 Å². The molecule has 0 amide bonds. The second-order valence-electron chi connectivity index (χ2n) is 11.2. The number of rotatable bonds is 10. The zero-order chi connectivity index (χ0) is 27.5. The van der Waals surface area contributed by atoms with Crippen LogP contribution in [0.1, 0.15) is 32.3 Å². The van der Waals surface area contributed by atoms with Crippen molar-refractivity contribution in [1.29, 1.82) is 0 Å². The molecule has 2 aliphatic rings. The molecule has 13 heteroatoms. The third kappa shape index (κ3) is 7.69. The Morgan fingerprint density at radius 1 is 1.18 bits per heavy atom. The maximum Gasteiger partial charge on any atom is 0.223 e. The summed E-state index contributed by atoms with van der Waals surface area (Å²) in [6, 6.07) is -0.583. The highest BCUT2D eigenvalue weighted by Crippen LogP contribution is 2.24. The van der Waals surface area contributed by atoms with Gasteiger partial charge in [-0.25, -0.2) is 22.8 Å². The standard InChI is InChI=1S/C25H41FN8O3S/c1-19-14-27-24(30-23(19)20-15-28-33(16-20)18-25(2,3)35)29-22-6-8-34(17-21(22)26)38(36,37)13-5-7-32-11-9-31(4)10-12-32/h14-16,21-22,35H,5-13,17-18H2,1-4H3,(H,27,29,30)/t21-,22+/m1/s1. The normalized spacial score (nSPS) is 22.6. The first kappa shape index (κ1) is 28.8. The van der Waals surface area contributed by atoms with E-state index in [0.717, 1.165) is 43.9 Å². The Hall–Kier alpha value is -2.19. The molecule has 2 atom stereocenters. The van der Waals surface area contributed by atoms with Crippen LogP contribution in [0.25, 0.3) is 11.3 Å². The Kier molecular flexibility index (Phi) is 9.03. The van der Waals surface area contributed by atoms with Crippen molar-refractivity contribution in [3.05, 3.63) is 24.2 Å². The molecule has 2 fully saturated rings. The number of sulfonamides is 1. The van der Waals surface area contributed by atoms with Gasteiger partial charge in [0.1, 0.15) is 6.17 Å². The van der Waals surface area contributed by atoms with E-state index in [9.17, 15) is 13.5 Å². The average molecular weight is 553 g/mol. The molecule has 0 unspecified atom stereocenters. The van der Waals surface area contributed by atoms with Crippen LogP contribution in [0, 0.1) is 6.92 Å². The Morgan fingerprint density at radius 2 is 1.92 bits per heavy atom. The number of aromatic nitrogens is 4. The number of aliphatic hydroxyl groups is 1. The lowest BCUT2D eigenvalue weighted by atomic mass is 10.1. The van der Waals surface area contributed by atoms with Gasteiger partial charge < -0.3 is 20.2 Å². The van der Waals surface area contributed by atoms with Crippen LogP contribution in [0.2, 0.25) is 0 Å². The Bertz CT molecular complexity index is 1180. The van der Waals surface area contributed by atoms with Gasteiger partial charge in [0.2, 0.25) is 16.0 Å². The maximum atomic E-state index is 15.2. The molecule has 11 nitrogen and oxygen atoms in total. The van der Waals surface area contributed by atoms with E-state index in [-0.39, 0.29) is 24.8 Å². The topological polar surface area (TPSA) is 120 Å². The van der Waals surface area contributed by atoms with Gasteiger partial charge >= 0.3 is 0 Å². The molecular weight excluding hydrogens is 511 g/mol. The molecular formula is C25H41FN8O3S. The number of nitrogens with zero attached hydrogens (tertiary/aromatic N) is 7. The minimum absolute atomic E-state index is 0.0374. The fourth-order valence-electron chi connectivity index (χ4n) is 4.90. The molecule has 2 N–H and O–H groups in total. The summed E-state index contributed by atoms with van der Waals surface area (Å²) in [6.07, 6.45) is 4.66. The Morgan fingerprint density at radius 3 is 2.61 bits per heavy atom. The van der Waals surface area contributed by atoms with E-state index in [0.29, 0.717) is 25.1 Å². The first-order valence-electron chi connectivity index (χ1n) is 13.3. The summed E-state index contributed by atoms with van der Waals surface area (Å²) in [5.41, 5.74) is 1.37. The largest absolute Gasteiger partial charge is 0.389 e. The molecule has 0 aliphatic carbocycles. The highest BCUT2D eigenvalue weighted by Gasteiger charge is 2.35. The smallest absolute Gasteiger partial charge is 0.223 e. The summed E-state index contributed by atoms with van der Waals surface area (Å²) < 4.78 is 43.9. The summed E-state index contributed by atoms with van der Waals surface area (Å²) in [7, 11) is -1.42. The Balaban J connectivity index is 1.31. The lowest BCUT2D eigenvalue weighted by Crippen LogP contribution is -2.50. The second kappa shape index (κ2) is 11.9. The Labute approximate surface area is 225 Å². The molecule has 2 aliphatic heterocycles. The highest BCUT2D eigenvalue weighted by atomic mass is 32.2. The summed E-state index contributed by atoms with van der Waals surface area (Å²) in [4.78, 5) is 13.5. The van der Waals surface area contributed by atoms with Gasteiger partial charge in [0.05, 0.1) is 35.8 Å². The second-order valence-corrected chi connectivity index (χ2v) is 13.3. The minimum Gasteiger partial charge on any atom is -0.389 e. The summed E-state index contributed by atoms with van der Waals surface area (Å²) in [6.45, 7) is 10.4. The number of nitrogens with one attached hydrogen (secondary N) is 1. The molecule has 4 heterocycles. The fraction of sp³-hybridized carbons (Fsp3) is 0.720. The van der Waals surface area contributed by atoms with Crippen LogP contribution in [0.5, 0.6) is 0 Å². The van der Waals surface area contributed by atoms with Crippen molar-refractivity contribution in [2.45, 2.75) is 58.0 Å². The average Bonchev–Trinajstić information content (AvgIpc) is 3.29. The van der Waals surface area contributed by atoms with Crippen molar-refractivity contribution < 1.29 is 17.9 Å². The monoisotopic (exact) mass is 552 g/mol. The van der Waals surface area contributed by atoms with Crippen molar-refractivity contribution in [2.75, 3.05) is 63.9 Å². The number of piperazine rings is 1. The first-order chi connectivity index (χ1) is 17.9. The summed E-state index contributed by atoms with van der Waals surface area (Å²) >= 11 is 0. The lowest BCUT2D eigenvalue weighted by Gasteiger charge is -2.35. The quantitative estimate of drug-likeness (QED) is 0.448. The molecule has 0 saturated carbocycles. The van der Waals surface area contributed by atoms with Gasteiger partial charge in [0.15, 0.2) is 0 Å². The van der Waals surface area contributed by atoms with Gasteiger partial charge in [-0.2, -0.15) is 9.40 Å². The summed E-state index contributed by atoms with van der Waals surface area (Å²) in [5.74, 6) is 0.326. The molecule has 0 aromatic carbocycles. The van der Waals surface area contributed by atoms with E-state index < -0.39 is 27.8 Å². The van der Waals surface area contributed by atoms with Gasteiger partial charge in [-0.3, -0.25) is 4.68 Å². The number of aryl methyl sites for hydroxylation is 1. The van der Waals surface area contributed by atoms with E-state index >= 15 is 4.39 Å². The molecule has 2 aromatic heterocycles. The van der Waals surface area contributed by atoms with E-state index in [4.69, 9.17) is 0 Å². The molecule has 0 bridgehead atoms. The van der Waals surface area contributed by atoms with Crippen LogP contribution in [0.4, 0.5) is 10.3 Å². The highest BCUT2D eigenvalue weighted by molar-refractivity contribution is 7.89. The van der Waals surface area contributed by atoms with E-state index in [1.54, 1.807) is 30.9 Å². The van der Waals surface area contributed by atoms with Gasteiger partial charge in [-0.1, -0.05) is 0 Å². The van der Waals surface area contributed by atoms with E-state index in [1.807, 2.05) is 13.1 Å². The van der Waals surface area contributed by atoms with Crippen molar-refractivity contribution in [3.63, 3.8) is 0 Å². The maximum absolute atomic E-state index is 15.2. The van der Waals surface area contributed by atoms with E-state index in [1.165, 1.54) is 4.31 Å². The van der Waals surface area contributed by atoms with Crippen LogP contribution in [-0.2, 0) is 16.6 Å². The number of anilines is 1. The third-order valence-electron chi connectivity index (χ3n) is 7.11. The molecule has 2 saturated heterocycles.